The van der Waals surface area contributed by atoms with E-state index in [9.17, 15) is 4.79 Å². The number of thiophene rings is 1. The van der Waals surface area contributed by atoms with Gasteiger partial charge in [0, 0.05) is 10.1 Å². The minimum absolute atomic E-state index is 0.315. The summed E-state index contributed by atoms with van der Waals surface area (Å²) in [5.74, 6) is -0.380. The fourth-order valence-electron chi connectivity index (χ4n) is 1.56. The summed E-state index contributed by atoms with van der Waals surface area (Å²) in [4.78, 5) is 12.3. The van der Waals surface area contributed by atoms with Crippen molar-refractivity contribution in [3.05, 3.63) is 34.2 Å². The number of hydrogen-bond acceptors (Lipinski definition) is 4. The van der Waals surface area contributed by atoms with Crippen molar-refractivity contribution < 1.29 is 15.0 Å². The van der Waals surface area contributed by atoms with Crippen LogP contribution in [0.5, 0.6) is 0 Å². The standard InChI is InChI=1S/C12H12ClNO3S/c13-10-8-3-1-2-4-9(8)18-11(10)12(17)14-7(5-15)6-16/h1-4,7,15-16H,5-6H2,(H,14,17). The molecule has 0 aliphatic carbocycles. The number of carbonyl (C=O) groups excluding carboxylic acids is 1. The molecule has 1 heterocycles. The van der Waals surface area contributed by atoms with E-state index in [0.717, 1.165) is 10.1 Å². The van der Waals surface area contributed by atoms with Gasteiger partial charge >= 0.3 is 0 Å². The van der Waals surface area contributed by atoms with Gasteiger partial charge in [-0.15, -0.1) is 11.3 Å². The zero-order chi connectivity index (χ0) is 13.1. The summed E-state index contributed by atoms with van der Waals surface area (Å²) in [6, 6.07) is 6.80. The SMILES string of the molecule is O=C(NC(CO)CO)c1sc2ccccc2c1Cl. The third-order valence-corrected chi connectivity index (χ3v) is 4.19. The molecule has 3 N–H and O–H groups in total. The molecule has 0 bridgehead atoms. The fourth-order valence-corrected chi connectivity index (χ4v) is 2.98. The van der Waals surface area contributed by atoms with Crippen molar-refractivity contribution in [2.24, 2.45) is 0 Å². The lowest BCUT2D eigenvalue weighted by atomic mass is 10.2. The topological polar surface area (TPSA) is 69.6 Å². The van der Waals surface area contributed by atoms with Crippen LogP contribution in [0.4, 0.5) is 0 Å². The molecule has 1 aromatic carbocycles. The van der Waals surface area contributed by atoms with Crippen molar-refractivity contribution in [2.45, 2.75) is 6.04 Å². The molecule has 18 heavy (non-hydrogen) atoms. The first kappa shape index (κ1) is 13.3. The quantitative estimate of drug-likeness (QED) is 0.800. The molecule has 2 rings (SSSR count). The number of hydrogen-bond donors (Lipinski definition) is 3. The second-order valence-electron chi connectivity index (χ2n) is 3.78. The first-order valence-electron chi connectivity index (χ1n) is 5.37. The van der Waals surface area contributed by atoms with Crippen molar-refractivity contribution in [3.8, 4) is 0 Å². The van der Waals surface area contributed by atoms with E-state index in [4.69, 9.17) is 21.8 Å². The molecule has 2 aromatic rings. The van der Waals surface area contributed by atoms with Crippen molar-refractivity contribution in [1.82, 2.24) is 5.32 Å². The molecule has 0 saturated heterocycles. The van der Waals surface area contributed by atoms with Crippen molar-refractivity contribution in [1.29, 1.82) is 0 Å². The Balaban J connectivity index is 2.30. The Morgan fingerprint density at radius 3 is 2.61 bits per heavy atom. The second-order valence-corrected chi connectivity index (χ2v) is 5.21. The van der Waals surface area contributed by atoms with E-state index in [0.29, 0.717) is 9.90 Å². The number of aliphatic hydroxyl groups excluding tert-OH is 2. The lowest BCUT2D eigenvalue weighted by Gasteiger charge is -2.12. The number of aliphatic hydroxyl groups is 2. The molecule has 6 heteroatoms. The molecule has 0 aliphatic heterocycles. The highest BCUT2D eigenvalue weighted by atomic mass is 35.5. The molecule has 0 saturated carbocycles. The van der Waals surface area contributed by atoms with Gasteiger partial charge in [-0.25, -0.2) is 0 Å². The number of rotatable bonds is 4. The van der Waals surface area contributed by atoms with Gasteiger partial charge in [-0.2, -0.15) is 0 Å². The van der Waals surface area contributed by atoms with Crippen LogP contribution in [-0.4, -0.2) is 35.4 Å². The second kappa shape index (κ2) is 5.67. The summed E-state index contributed by atoms with van der Waals surface area (Å²) in [6.45, 7) is -0.629. The lowest BCUT2D eigenvalue weighted by Crippen LogP contribution is -2.39. The smallest absolute Gasteiger partial charge is 0.263 e. The van der Waals surface area contributed by atoms with Gasteiger partial charge in [-0.05, 0) is 6.07 Å². The average Bonchev–Trinajstić information content (AvgIpc) is 2.74. The minimum Gasteiger partial charge on any atom is -0.394 e. The summed E-state index contributed by atoms with van der Waals surface area (Å²) >= 11 is 7.43. The number of amides is 1. The Kier molecular flexibility index (Phi) is 4.19. The number of nitrogens with one attached hydrogen (secondary N) is 1. The number of halogens is 1. The Morgan fingerprint density at radius 1 is 1.33 bits per heavy atom. The Morgan fingerprint density at radius 2 is 2.00 bits per heavy atom. The molecular formula is C12H12ClNO3S. The van der Waals surface area contributed by atoms with E-state index >= 15 is 0 Å². The molecule has 1 aromatic heterocycles. The number of fused-ring (bicyclic) bond motifs is 1. The van der Waals surface area contributed by atoms with Crippen LogP contribution in [0, 0.1) is 0 Å². The van der Waals surface area contributed by atoms with Crippen LogP contribution in [0.15, 0.2) is 24.3 Å². The molecule has 96 valence electrons. The summed E-state index contributed by atoms with van der Waals surface area (Å²) in [7, 11) is 0. The summed E-state index contributed by atoms with van der Waals surface area (Å²) in [5.41, 5.74) is 0. The summed E-state index contributed by atoms with van der Waals surface area (Å²) < 4.78 is 0.928. The maximum Gasteiger partial charge on any atom is 0.263 e. The van der Waals surface area contributed by atoms with Gasteiger partial charge < -0.3 is 15.5 Å². The maximum absolute atomic E-state index is 12.0. The summed E-state index contributed by atoms with van der Waals surface area (Å²) in [6.07, 6.45) is 0. The van der Waals surface area contributed by atoms with Gasteiger partial charge in [-0.1, -0.05) is 29.8 Å². The lowest BCUT2D eigenvalue weighted by molar-refractivity contribution is 0.0883. The normalized spacial score (nSPS) is 11.1. The van der Waals surface area contributed by atoms with Crippen molar-refractivity contribution in [3.63, 3.8) is 0 Å². The molecule has 1 amide bonds. The van der Waals surface area contributed by atoms with Crippen LogP contribution < -0.4 is 5.32 Å². The van der Waals surface area contributed by atoms with Gasteiger partial charge in [0.25, 0.3) is 5.91 Å². The van der Waals surface area contributed by atoms with Gasteiger partial charge in [0.2, 0.25) is 0 Å². The first-order valence-corrected chi connectivity index (χ1v) is 6.56. The van der Waals surface area contributed by atoms with Crippen LogP contribution in [0.1, 0.15) is 9.67 Å². The third kappa shape index (κ3) is 2.49. The maximum atomic E-state index is 12.0. The van der Waals surface area contributed by atoms with Gasteiger partial charge in [0.05, 0.1) is 24.3 Å². The third-order valence-electron chi connectivity index (χ3n) is 2.52. The molecule has 0 atom stereocenters. The van der Waals surface area contributed by atoms with E-state index in [1.54, 1.807) is 0 Å². The average molecular weight is 286 g/mol. The van der Waals surface area contributed by atoms with Crippen molar-refractivity contribution in [2.75, 3.05) is 13.2 Å². The van der Waals surface area contributed by atoms with E-state index < -0.39 is 6.04 Å². The Hall–Kier alpha value is -1.14. The van der Waals surface area contributed by atoms with Crippen LogP contribution in [0.25, 0.3) is 10.1 Å². The monoisotopic (exact) mass is 285 g/mol. The van der Waals surface area contributed by atoms with E-state index in [2.05, 4.69) is 5.32 Å². The minimum atomic E-state index is -0.668. The summed E-state index contributed by atoms with van der Waals surface area (Å²) in [5, 5.41) is 21.6. The predicted octanol–water partition coefficient (Wildman–Crippen LogP) is 1.64. The molecule has 4 nitrogen and oxygen atoms in total. The van der Waals surface area contributed by atoms with Crippen LogP contribution in [-0.2, 0) is 0 Å². The highest BCUT2D eigenvalue weighted by Crippen LogP contribution is 2.34. The zero-order valence-corrected chi connectivity index (χ0v) is 11.0. The van der Waals surface area contributed by atoms with Crippen LogP contribution in [0.2, 0.25) is 5.02 Å². The van der Waals surface area contributed by atoms with Crippen LogP contribution in [0.3, 0.4) is 0 Å². The molecule has 0 aliphatic rings. The molecule has 0 fully saturated rings. The largest absolute Gasteiger partial charge is 0.394 e. The molecular weight excluding hydrogens is 274 g/mol. The zero-order valence-electron chi connectivity index (χ0n) is 9.39. The Bertz CT molecular complexity index is 565. The van der Waals surface area contributed by atoms with Crippen LogP contribution >= 0.6 is 22.9 Å². The fraction of sp³-hybridized carbons (Fsp3) is 0.250. The Labute approximate surface area is 113 Å². The number of carbonyl (C=O) groups is 1. The van der Waals surface area contributed by atoms with Gasteiger partial charge in [0.1, 0.15) is 4.88 Å². The first-order chi connectivity index (χ1) is 8.67. The predicted molar refractivity (Wildman–Crippen MR) is 72.3 cm³/mol. The van der Waals surface area contributed by atoms with Gasteiger partial charge in [0.15, 0.2) is 0 Å². The van der Waals surface area contributed by atoms with E-state index in [1.165, 1.54) is 11.3 Å². The molecule has 0 radical (unpaired) electrons. The van der Waals surface area contributed by atoms with Crippen molar-refractivity contribution >= 4 is 38.9 Å². The van der Waals surface area contributed by atoms with Gasteiger partial charge in [-0.3, -0.25) is 4.79 Å². The highest BCUT2D eigenvalue weighted by Gasteiger charge is 2.19. The highest BCUT2D eigenvalue weighted by molar-refractivity contribution is 7.21. The molecule has 0 unspecified atom stereocenters. The van der Waals surface area contributed by atoms with E-state index in [1.807, 2.05) is 24.3 Å². The van der Waals surface area contributed by atoms with E-state index in [-0.39, 0.29) is 19.1 Å². The molecule has 0 spiro atoms. The number of benzene rings is 1.